The molecular weight excluding hydrogens is 446 g/mol. The minimum absolute atomic E-state index is 0.0303. The standard InChI is InChI=1S/C23H29N3O4S2/c1-14-7-12-18-19(13-14)31-23(20(18)21(24)27)25-22(28)15-8-10-17(11-9-15)32(29,30)26(2)16-5-3-4-6-16/h8-11,14,16H,3-7,12-13H2,1-2H3,(H2,24,27)(H,25,28)/t14-/m1/s1. The van der Waals surface area contributed by atoms with Gasteiger partial charge in [-0.3, -0.25) is 9.59 Å². The molecule has 172 valence electrons. The summed E-state index contributed by atoms with van der Waals surface area (Å²) in [5.74, 6) is -0.404. The molecule has 2 amide bonds. The number of nitrogens with two attached hydrogens (primary N) is 1. The van der Waals surface area contributed by atoms with Gasteiger partial charge in [0.1, 0.15) is 5.00 Å². The van der Waals surface area contributed by atoms with Crippen LogP contribution in [0.4, 0.5) is 5.00 Å². The molecule has 0 spiro atoms. The van der Waals surface area contributed by atoms with Crippen LogP contribution in [0, 0.1) is 5.92 Å². The molecule has 0 saturated heterocycles. The Morgan fingerprint density at radius 1 is 1.12 bits per heavy atom. The Bertz CT molecular complexity index is 1130. The molecule has 2 aliphatic carbocycles. The SMILES string of the molecule is C[C@@H]1CCc2c(sc(NC(=O)c3ccc(S(=O)(=O)N(C)C4CCCC4)cc3)c2C(N)=O)C1. The van der Waals surface area contributed by atoms with Crippen LogP contribution in [0.5, 0.6) is 0 Å². The molecule has 1 aromatic carbocycles. The van der Waals surface area contributed by atoms with E-state index in [0.29, 0.717) is 22.0 Å². The van der Waals surface area contributed by atoms with E-state index < -0.39 is 21.8 Å². The van der Waals surface area contributed by atoms with Crippen molar-refractivity contribution >= 4 is 38.2 Å². The number of carbonyl (C=O) groups is 2. The van der Waals surface area contributed by atoms with Crippen molar-refractivity contribution in [3.8, 4) is 0 Å². The Morgan fingerprint density at radius 3 is 2.41 bits per heavy atom. The number of sulfonamides is 1. The van der Waals surface area contributed by atoms with Gasteiger partial charge < -0.3 is 11.1 Å². The topological polar surface area (TPSA) is 110 Å². The molecule has 0 unspecified atom stereocenters. The van der Waals surface area contributed by atoms with Crippen molar-refractivity contribution in [2.45, 2.75) is 62.8 Å². The number of hydrogen-bond acceptors (Lipinski definition) is 5. The van der Waals surface area contributed by atoms with Crippen molar-refractivity contribution < 1.29 is 18.0 Å². The largest absolute Gasteiger partial charge is 0.365 e. The van der Waals surface area contributed by atoms with Crippen molar-refractivity contribution in [1.82, 2.24) is 4.31 Å². The number of nitrogens with zero attached hydrogens (tertiary/aromatic N) is 1. The van der Waals surface area contributed by atoms with Crippen molar-refractivity contribution in [3.63, 3.8) is 0 Å². The van der Waals surface area contributed by atoms with Gasteiger partial charge in [-0.15, -0.1) is 11.3 Å². The van der Waals surface area contributed by atoms with E-state index in [9.17, 15) is 18.0 Å². The average molecular weight is 476 g/mol. The molecule has 1 fully saturated rings. The number of anilines is 1. The molecule has 4 rings (SSSR count). The van der Waals surface area contributed by atoms with Crippen LogP contribution in [0.3, 0.4) is 0 Å². The summed E-state index contributed by atoms with van der Waals surface area (Å²) in [4.78, 5) is 26.2. The number of hydrogen-bond donors (Lipinski definition) is 2. The fraction of sp³-hybridized carbons (Fsp3) is 0.478. The summed E-state index contributed by atoms with van der Waals surface area (Å²) < 4.78 is 27.3. The van der Waals surface area contributed by atoms with Crippen molar-refractivity contribution in [3.05, 3.63) is 45.8 Å². The predicted octanol–water partition coefficient (Wildman–Crippen LogP) is 3.79. The fourth-order valence-electron chi connectivity index (χ4n) is 4.68. The van der Waals surface area contributed by atoms with Crippen molar-refractivity contribution in [2.75, 3.05) is 12.4 Å². The van der Waals surface area contributed by atoms with E-state index in [1.54, 1.807) is 7.05 Å². The first-order valence-corrected chi connectivity index (χ1v) is 13.3. The second kappa shape index (κ2) is 8.96. The van der Waals surface area contributed by atoms with Crippen LogP contribution in [-0.4, -0.2) is 37.6 Å². The third kappa shape index (κ3) is 4.33. The molecule has 2 aliphatic rings. The van der Waals surface area contributed by atoms with E-state index >= 15 is 0 Å². The second-order valence-electron chi connectivity index (χ2n) is 8.86. The van der Waals surface area contributed by atoms with Crippen LogP contribution in [0.25, 0.3) is 0 Å². The van der Waals surface area contributed by atoms with Gasteiger partial charge in [-0.2, -0.15) is 4.31 Å². The van der Waals surface area contributed by atoms with E-state index in [-0.39, 0.29) is 10.9 Å². The first kappa shape index (κ1) is 22.9. The molecule has 0 aliphatic heterocycles. The summed E-state index contributed by atoms with van der Waals surface area (Å²) in [6.45, 7) is 2.17. The minimum atomic E-state index is -3.61. The van der Waals surface area contributed by atoms with E-state index in [1.807, 2.05) is 0 Å². The monoisotopic (exact) mass is 475 g/mol. The zero-order chi connectivity index (χ0) is 23.0. The fourth-order valence-corrected chi connectivity index (χ4v) is 7.51. The Morgan fingerprint density at radius 2 is 1.78 bits per heavy atom. The third-order valence-corrected chi connectivity index (χ3v) is 9.71. The van der Waals surface area contributed by atoms with E-state index in [2.05, 4.69) is 12.2 Å². The molecule has 9 heteroatoms. The van der Waals surface area contributed by atoms with Crippen LogP contribution in [0.2, 0.25) is 0 Å². The highest BCUT2D eigenvalue weighted by atomic mass is 32.2. The number of amides is 2. The first-order valence-electron chi connectivity index (χ1n) is 11.0. The quantitative estimate of drug-likeness (QED) is 0.662. The van der Waals surface area contributed by atoms with Crippen LogP contribution in [0.1, 0.15) is 70.2 Å². The second-order valence-corrected chi connectivity index (χ2v) is 12.0. The Balaban J connectivity index is 1.53. The van der Waals surface area contributed by atoms with Gasteiger partial charge in [-0.1, -0.05) is 19.8 Å². The lowest BCUT2D eigenvalue weighted by Gasteiger charge is -2.23. The highest BCUT2D eigenvalue weighted by Gasteiger charge is 2.30. The molecule has 3 N–H and O–H groups in total. The molecule has 1 saturated carbocycles. The van der Waals surface area contributed by atoms with Gasteiger partial charge in [0.25, 0.3) is 11.8 Å². The predicted molar refractivity (Wildman–Crippen MR) is 126 cm³/mol. The molecule has 1 heterocycles. The summed E-state index contributed by atoms with van der Waals surface area (Å²) in [7, 11) is -1.98. The summed E-state index contributed by atoms with van der Waals surface area (Å²) in [5, 5.41) is 3.30. The summed E-state index contributed by atoms with van der Waals surface area (Å²) in [6.07, 6.45) is 6.48. The Kier molecular flexibility index (Phi) is 6.42. The number of benzene rings is 1. The summed E-state index contributed by atoms with van der Waals surface area (Å²) >= 11 is 1.41. The molecule has 1 aromatic heterocycles. The minimum Gasteiger partial charge on any atom is -0.365 e. The van der Waals surface area contributed by atoms with Gasteiger partial charge in [0.05, 0.1) is 10.5 Å². The normalized spacial score (nSPS) is 19.2. The van der Waals surface area contributed by atoms with Gasteiger partial charge in [-0.25, -0.2) is 8.42 Å². The molecule has 0 bridgehead atoms. The van der Waals surface area contributed by atoms with Gasteiger partial charge >= 0.3 is 0 Å². The number of nitrogens with one attached hydrogen (secondary N) is 1. The van der Waals surface area contributed by atoms with Gasteiger partial charge in [-0.05, 0) is 67.9 Å². The lowest BCUT2D eigenvalue weighted by molar-refractivity contribution is 0.1000. The molecule has 2 aromatic rings. The zero-order valence-electron chi connectivity index (χ0n) is 18.4. The third-order valence-electron chi connectivity index (χ3n) is 6.62. The Hall–Kier alpha value is -2.23. The molecule has 0 radical (unpaired) electrons. The van der Waals surface area contributed by atoms with Crippen molar-refractivity contribution in [2.24, 2.45) is 11.7 Å². The molecule has 1 atom stereocenters. The van der Waals surface area contributed by atoms with Gasteiger partial charge in [0.15, 0.2) is 0 Å². The van der Waals surface area contributed by atoms with Crippen LogP contribution in [-0.2, 0) is 22.9 Å². The summed E-state index contributed by atoms with van der Waals surface area (Å²) in [5.41, 5.74) is 7.30. The lowest BCUT2D eigenvalue weighted by atomic mass is 9.88. The van der Waals surface area contributed by atoms with Gasteiger partial charge in [0, 0.05) is 23.5 Å². The maximum atomic E-state index is 12.9. The van der Waals surface area contributed by atoms with Crippen LogP contribution >= 0.6 is 11.3 Å². The maximum absolute atomic E-state index is 12.9. The van der Waals surface area contributed by atoms with Gasteiger partial charge in [0.2, 0.25) is 10.0 Å². The molecule has 32 heavy (non-hydrogen) atoms. The molecular formula is C23H29N3O4S2. The Labute approximate surface area is 193 Å². The number of carbonyl (C=O) groups excluding carboxylic acids is 2. The van der Waals surface area contributed by atoms with E-state index in [4.69, 9.17) is 5.73 Å². The average Bonchev–Trinajstić information content (AvgIpc) is 3.40. The number of primary amides is 1. The number of rotatable bonds is 6. The lowest BCUT2D eigenvalue weighted by Crippen LogP contribution is -2.35. The van der Waals surface area contributed by atoms with Crippen molar-refractivity contribution in [1.29, 1.82) is 0 Å². The first-order chi connectivity index (χ1) is 15.2. The maximum Gasteiger partial charge on any atom is 0.256 e. The smallest absolute Gasteiger partial charge is 0.256 e. The highest BCUT2D eigenvalue weighted by molar-refractivity contribution is 7.89. The molecule has 7 nitrogen and oxygen atoms in total. The highest BCUT2D eigenvalue weighted by Crippen LogP contribution is 2.39. The number of fused-ring (bicyclic) bond motifs is 1. The van der Waals surface area contributed by atoms with E-state index in [0.717, 1.165) is 55.4 Å². The zero-order valence-corrected chi connectivity index (χ0v) is 20.0. The van der Waals surface area contributed by atoms with Crippen LogP contribution in [0.15, 0.2) is 29.2 Å². The van der Waals surface area contributed by atoms with Crippen LogP contribution < -0.4 is 11.1 Å². The van der Waals surface area contributed by atoms with E-state index in [1.165, 1.54) is 39.9 Å². The summed E-state index contributed by atoms with van der Waals surface area (Å²) in [6, 6.07) is 5.97. The number of thiophene rings is 1.